The summed E-state index contributed by atoms with van der Waals surface area (Å²) < 4.78 is 10.6. The van der Waals surface area contributed by atoms with Gasteiger partial charge in [-0.25, -0.2) is 4.79 Å². The molecule has 2 rings (SSSR count). The highest BCUT2D eigenvalue weighted by Gasteiger charge is 2.15. The zero-order valence-electron chi connectivity index (χ0n) is 13.1. The minimum Gasteiger partial charge on any atom is -0.481 e. The number of carboxylic acids is 1. The van der Waals surface area contributed by atoms with E-state index in [4.69, 9.17) is 14.3 Å². The first-order valence-electron chi connectivity index (χ1n) is 7.18. The first-order chi connectivity index (χ1) is 11.0. The Labute approximate surface area is 134 Å². The molecule has 2 aromatic rings. The summed E-state index contributed by atoms with van der Waals surface area (Å²) in [5.74, 6) is 0.0290. The molecule has 0 radical (unpaired) electrons. The lowest BCUT2D eigenvalue weighted by atomic mass is 10.1. The van der Waals surface area contributed by atoms with Crippen molar-refractivity contribution < 1.29 is 23.8 Å². The van der Waals surface area contributed by atoms with E-state index in [2.05, 4.69) is 0 Å². The van der Waals surface area contributed by atoms with Crippen LogP contribution in [0.3, 0.4) is 0 Å². The first-order valence-corrected chi connectivity index (χ1v) is 7.18. The van der Waals surface area contributed by atoms with Crippen LogP contribution in [0, 0.1) is 0 Å². The second-order valence-electron chi connectivity index (χ2n) is 5.18. The SMILES string of the molecule is COC(=O)c1ccccc1-c1ccc(CN(C)CCC(=O)O)o1. The number of hydrogen-bond acceptors (Lipinski definition) is 5. The van der Waals surface area contributed by atoms with Crippen molar-refractivity contribution in [1.82, 2.24) is 4.90 Å². The molecule has 0 aliphatic rings. The normalized spacial score (nSPS) is 10.7. The monoisotopic (exact) mass is 317 g/mol. The van der Waals surface area contributed by atoms with Crippen LogP contribution in [0.15, 0.2) is 40.8 Å². The van der Waals surface area contributed by atoms with Crippen LogP contribution >= 0.6 is 0 Å². The van der Waals surface area contributed by atoms with E-state index in [-0.39, 0.29) is 6.42 Å². The second kappa shape index (κ2) is 7.60. The summed E-state index contributed by atoms with van der Waals surface area (Å²) in [6.07, 6.45) is 0.0786. The van der Waals surface area contributed by atoms with Crippen LogP contribution in [0.5, 0.6) is 0 Å². The number of nitrogens with zero attached hydrogens (tertiary/aromatic N) is 1. The van der Waals surface area contributed by atoms with Gasteiger partial charge in [-0.1, -0.05) is 18.2 Å². The van der Waals surface area contributed by atoms with E-state index in [1.54, 1.807) is 24.3 Å². The van der Waals surface area contributed by atoms with Gasteiger partial charge in [0.25, 0.3) is 0 Å². The molecule has 0 saturated carbocycles. The maximum Gasteiger partial charge on any atom is 0.338 e. The number of carbonyl (C=O) groups is 2. The average Bonchev–Trinajstić information content (AvgIpc) is 3.00. The number of hydrogen-bond donors (Lipinski definition) is 1. The Morgan fingerprint density at radius 2 is 1.96 bits per heavy atom. The largest absolute Gasteiger partial charge is 0.481 e. The molecule has 0 amide bonds. The fourth-order valence-corrected chi connectivity index (χ4v) is 2.23. The molecular weight excluding hydrogens is 298 g/mol. The number of aliphatic carboxylic acids is 1. The molecule has 1 aromatic heterocycles. The molecule has 23 heavy (non-hydrogen) atoms. The van der Waals surface area contributed by atoms with Crippen LogP contribution in [0.25, 0.3) is 11.3 Å². The van der Waals surface area contributed by atoms with E-state index < -0.39 is 11.9 Å². The maximum absolute atomic E-state index is 11.8. The standard InChI is InChI=1S/C17H19NO5/c1-18(10-9-16(19)20)11-12-7-8-15(23-12)13-5-3-4-6-14(13)17(21)22-2/h3-8H,9-11H2,1-2H3,(H,19,20). The van der Waals surface area contributed by atoms with Crippen molar-refractivity contribution in [2.24, 2.45) is 0 Å². The third-order valence-corrected chi connectivity index (χ3v) is 3.39. The van der Waals surface area contributed by atoms with Crippen molar-refractivity contribution in [3.63, 3.8) is 0 Å². The van der Waals surface area contributed by atoms with Gasteiger partial charge >= 0.3 is 11.9 Å². The van der Waals surface area contributed by atoms with Gasteiger partial charge in [0, 0.05) is 12.1 Å². The number of carboxylic acid groups (broad SMARTS) is 1. The van der Waals surface area contributed by atoms with E-state index in [0.717, 1.165) is 0 Å². The average molecular weight is 317 g/mol. The van der Waals surface area contributed by atoms with Gasteiger partial charge in [0.2, 0.25) is 0 Å². The van der Waals surface area contributed by atoms with Crippen molar-refractivity contribution >= 4 is 11.9 Å². The summed E-state index contributed by atoms with van der Waals surface area (Å²) >= 11 is 0. The van der Waals surface area contributed by atoms with Gasteiger partial charge in [-0.05, 0) is 25.2 Å². The van der Waals surface area contributed by atoms with Crippen molar-refractivity contribution in [3.8, 4) is 11.3 Å². The van der Waals surface area contributed by atoms with Crippen LogP contribution in [-0.4, -0.2) is 42.6 Å². The lowest BCUT2D eigenvalue weighted by Gasteiger charge is -2.13. The first kappa shape index (κ1) is 16.8. The van der Waals surface area contributed by atoms with Gasteiger partial charge in [-0.2, -0.15) is 0 Å². The fraction of sp³-hybridized carbons (Fsp3) is 0.294. The van der Waals surface area contributed by atoms with E-state index in [9.17, 15) is 9.59 Å². The number of ether oxygens (including phenoxy) is 1. The van der Waals surface area contributed by atoms with Gasteiger partial charge in [-0.15, -0.1) is 0 Å². The Morgan fingerprint density at radius 3 is 2.65 bits per heavy atom. The van der Waals surface area contributed by atoms with Crippen molar-refractivity contribution in [1.29, 1.82) is 0 Å². The molecule has 0 atom stereocenters. The van der Waals surface area contributed by atoms with Crippen molar-refractivity contribution in [3.05, 3.63) is 47.7 Å². The number of carbonyl (C=O) groups excluding carboxylic acids is 1. The number of benzene rings is 1. The Kier molecular flexibility index (Phi) is 5.54. The predicted octanol–water partition coefficient (Wildman–Crippen LogP) is 2.64. The predicted molar refractivity (Wildman–Crippen MR) is 84.1 cm³/mol. The number of furan rings is 1. The maximum atomic E-state index is 11.8. The molecule has 1 heterocycles. The quantitative estimate of drug-likeness (QED) is 0.791. The summed E-state index contributed by atoms with van der Waals surface area (Å²) in [6.45, 7) is 0.928. The molecule has 0 spiro atoms. The number of methoxy groups -OCH3 is 1. The molecule has 1 aromatic carbocycles. The molecule has 0 unspecified atom stereocenters. The minimum absolute atomic E-state index is 0.0786. The van der Waals surface area contributed by atoms with Crippen LogP contribution < -0.4 is 0 Å². The van der Waals surface area contributed by atoms with Crippen LogP contribution in [0.2, 0.25) is 0 Å². The lowest BCUT2D eigenvalue weighted by molar-refractivity contribution is -0.137. The van der Waals surface area contributed by atoms with Crippen LogP contribution in [0.1, 0.15) is 22.5 Å². The molecule has 0 aliphatic heterocycles. The highest BCUT2D eigenvalue weighted by molar-refractivity contribution is 5.96. The summed E-state index contributed by atoms with van der Waals surface area (Å²) in [6, 6.07) is 10.7. The molecule has 6 nitrogen and oxygen atoms in total. The van der Waals surface area contributed by atoms with Gasteiger partial charge in [0.1, 0.15) is 11.5 Å². The molecular formula is C17H19NO5. The Morgan fingerprint density at radius 1 is 1.22 bits per heavy atom. The second-order valence-corrected chi connectivity index (χ2v) is 5.18. The summed E-state index contributed by atoms with van der Waals surface area (Å²) in [7, 11) is 3.16. The number of esters is 1. The highest BCUT2D eigenvalue weighted by Crippen LogP contribution is 2.26. The Bertz CT molecular complexity index is 692. The molecule has 0 aliphatic carbocycles. The van der Waals surface area contributed by atoms with Crippen molar-refractivity contribution in [2.45, 2.75) is 13.0 Å². The summed E-state index contributed by atoms with van der Waals surface area (Å²) in [4.78, 5) is 24.3. The number of rotatable bonds is 7. The Hall–Kier alpha value is -2.60. The zero-order valence-corrected chi connectivity index (χ0v) is 13.1. The molecule has 6 heteroatoms. The molecule has 122 valence electrons. The lowest BCUT2D eigenvalue weighted by Crippen LogP contribution is -2.20. The third kappa shape index (κ3) is 4.43. The van der Waals surface area contributed by atoms with E-state index >= 15 is 0 Å². The summed E-state index contributed by atoms with van der Waals surface area (Å²) in [5, 5.41) is 8.69. The highest BCUT2D eigenvalue weighted by atomic mass is 16.5. The van der Waals surface area contributed by atoms with Crippen LogP contribution in [0.4, 0.5) is 0 Å². The molecule has 0 saturated heterocycles. The van der Waals surface area contributed by atoms with Gasteiger partial charge in [0.05, 0.1) is 25.6 Å². The Balaban J connectivity index is 2.14. The van der Waals surface area contributed by atoms with E-state index in [1.165, 1.54) is 7.11 Å². The fourth-order valence-electron chi connectivity index (χ4n) is 2.23. The smallest absolute Gasteiger partial charge is 0.338 e. The zero-order chi connectivity index (χ0) is 16.8. The molecule has 0 fully saturated rings. The van der Waals surface area contributed by atoms with Gasteiger partial charge in [0.15, 0.2) is 0 Å². The van der Waals surface area contributed by atoms with E-state index in [0.29, 0.717) is 35.7 Å². The topological polar surface area (TPSA) is 80.0 Å². The third-order valence-electron chi connectivity index (χ3n) is 3.39. The van der Waals surface area contributed by atoms with Gasteiger partial charge in [-0.3, -0.25) is 9.69 Å². The van der Waals surface area contributed by atoms with Crippen LogP contribution in [-0.2, 0) is 16.1 Å². The van der Waals surface area contributed by atoms with Crippen molar-refractivity contribution in [2.75, 3.05) is 20.7 Å². The summed E-state index contributed by atoms with van der Waals surface area (Å²) in [5.41, 5.74) is 1.11. The molecule has 1 N–H and O–H groups in total. The van der Waals surface area contributed by atoms with Gasteiger partial charge < -0.3 is 14.3 Å². The minimum atomic E-state index is -0.830. The van der Waals surface area contributed by atoms with E-state index in [1.807, 2.05) is 24.1 Å². The molecule has 0 bridgehead atoms.